The molecule has 0 bridgehead atoms. The zero-order valence-electron chi connectivity index (χ0n) is 20.9. The average molecular weight is 483 g/mol. The van der Waals surface area contributed by atoms with Crippen LogP contribution < -0.4 is 16.8 Å². The Balaban J connectivity index is 0.000000222. The van der Waals surface area contributed by atoms with Gasteiger partial charge in [0.25, 0.3) is 0 Å². The minimum Gasteiger partial charge on any atom is -0.337 e. The second-order valence-electron chi connectivity index (χ2n) is 8.13. The summed E-state index contributed by atoms with van der Waals surface area (Å²) < 4.78 is 0. The summed E-state index contributed by atoms with van der Waals surface area (Å²) >= 11 is 0. The maximum absolute atomic E-state index is 11.0. The molecule has 0 radical (unpaired) electrons. The maximum atomic E-state index is 11.0. The highest BCUT2D eigenvalue weighted by Gasteiger charge is 2.03. The number of hydrogen-bond acceptors (Lipinski definition) is 4. The lowest BCUT2D eigenvalue weighted by atomic mass is 10.2. The zero-order chi connectivity index (χ0) is 25.7. The Morgan fingerprint density at radius 1 is 0.528 bits per heavy atom. The Bertz CT molecular complexity index is 962. The second kappa shape index (κ2) is 18.5. The van der Waals surface area contributed by atoms with Crippen LogP contribution in [0.5, 0.6) is 0 Å². The lowest BCUT2D eigenvalue weighted by Crippen LogP contribution is -2.20. The summed E-state index contributed by atoms with van der Waals surface area (Å²) in [5.41, 5.74) is 14.8. The summed E-state index contributed by atoms with van der Waals surface area (Å²) in [6.45, 7) is 4.35. The largest absolute Gasteiger partial charge is 0.337 e. The van der Waals surface area contributed by atoms with Crippen molar-refractivity contribution in [3.8, 4) is 0 Å². The minimum absolute atomic E-state index is 0.597. The molecular weight excluding hydrogens is 444 g/mol. The van der Waals surface area contributed by atoms with Crippen molar-refractivity contribution in [2.75, 3.05) is 13.1 Å². The van der Waals surface area contributed by atoms with E-state index in [0.29, 0.717) is 26.2 Å². The van der Waals surface area contributed by atoms with Gasteiger partial charge < -0.3 is 21.7 Å². The van der Waals surface area contributed by atoms with Gasteiger partial charge in [0, 0.05) is 39.3 Å². The number of nitrogens with two attached hydrogens (primary N) is 2. The standard InChI is InChI=1S/C15H15NO.C14H15N.C2H8N2/c17-13-16(11-14-7-3-1-4-8-14)12-15-9-5-2-6-10-15;1-3-7-13(8-4-1)11-15-12-14-9-5-2-6-10-14;3-1-2-4/h1-10,13H,11-12H2;1-10,15H,11-12H2;1-4H2. The van der Waals surface area contributed by atoms with Crippen LogP contribution in [0.3, 0.4) is 0 Å². The summed E-state index contributed by atoms with van der Waals surface area (Å²) in [7, 11) is 0. The van der Waals surface area contributed by atoms with Crippen LogP contribution in [0, 0.1) is 0 Å². The van der Waals surface area contributed by atoms with Gasteiger partial charge in [-0.1, -0.05) is 121 Å². The molecule has 5 N–H and O–H groups in total. The van der Waals surface area contributed by atoms with Gasteiger partial charge in [-0.05, 0) is 22.3 Å². The van der Waals surface area contributed by atoms with Gasteiger partial charge in [0.1, 0.15) is 0 Å². The molecule has 0 aliphatic rings. The highest BCUT2D eigenvalue weighted by atomic mass is 16.1. The molecule has 0 aliphatic carbocycles. The van der Waals surface area contributed by atoms with Crippen molar-refractivity contribution in [2.24, 2.45) is 11.5 Å². The van der Waals surface area contributed by atoms with E-state index in [0.717, 1.165) is 30.6 Å². The molecule has 0 aliphatic heterocycles. The van der Waals surface area contributed by atoms with Gasteiger partial charge in [-0.15, -0.1) is 0 Å². The normalized spacial score (nSPS) is 9.72. The van der Waals surface area contributed by atoms with Crippen molar-refractivity contribution < 1.29 is 4.79 Å². The highest BCUT2D eigenvalue weighted by Crippen LogP contribution is 2.08. The van der Waals surface area contributed by atoms with Crippen molar-refractivity contribution in [3.05, 3.63) is 144 Å². The number of benzene rings is 4. The third-order valence-electron chi connectivity index (χ3n) is 5.12. The molecule has 0 fully saturated rings. The molecule has 0 saturated carbocycles. The zero-order valence-corrected chi connectivity index (χ0v) is 20.9. The van der Waals surface area contributed by atoms with E-state index in [9.17, 15) is 4.79 Å². The first-order valence-corrected chi connectivity index (χ1v) is 12.2. The number of hydrogen-bond donors (Lipinski definition) is 3. The van der Waals surface area contributed by atoms with E-state index in [4.69, 9.17) is 11.5 Å². The van der Waals surface area contributed by atoms with Crippen molar-refractivity contribution in [1.82, 2.24) is 10.2 Å². The Hall–Kier alpha value is -3.77. The fourth-order valence-electron chi connectivity index (χ4n) is 3.31. The Morgan fingerprint density at radius 2 is 0.833 bits per heavy atom. The fourth-order valence-corrected chi connectivity index (χ4v) is 3.31. The molecule has 0 saturated heterocycles. The molecule has 0 heterocycles. The van der Waals surface area contributed by atoms with Crippen LogP contribution in [0.15, 0.2) is 121 Å². The van der Waals surface area contributed by atoms with E-state index in [2.05, 4.69) is 53.8 Å². The predicted molar refractivity (Wildman–Crippen MR) is 150 cm³/mol. The van der Waals surface area contributed by atoms with Crippen molar-refractivity contribution in [3.63, 3.8) is 0 Å². The second-order valence-corrected chi connectivity index (χ2v) is 8.13. The van der Waals surface area contributed by atoms with Crippen LogP contribution in [0.2, 0.25) is 0 Å². The third-order valence-corrected chi connectivity index (χ3v) is 5.12. The third kappa shape index (κ3) is 12.6. The summed E-state index contributed by atoms with van der Waals surface area (Å²) in [5.74, 6) is 0. The van der Waals surface area contributed by atoms with Crippen LogP contribution in [-0.2, 0) is 31.0 Å². The fraction of sp³-hybridized carbons (Fsp3) is 0.194. The van der Waals surface area contributed by atoms with E-state index >= 15 is 0 Å². The molecule has 0 atom stereocenters. The molecule has 5 heteroatoms. The molecular formula is C31H38N4O. The lowest BCUT2D eigenvalue weighted by Gasteiger charge is -2.17. The van der Waals surface area contributed by atoms with E-state index in [-0.39, 0.29) is 0 Å². The van der Waals surface area contributed by atoms with Gasteiger partial charge in [-0.3, -0.25) is 4.79 Å². The molecule has 36 heavy (non-hydrogen) atoms. The first-order chi connectivity index (χ1) is 17.7. The first-order valence-electron chi connectivity index (χ1n) is 12.2. The quantitative estimate of drug-likeness (QED) is 0.286. The van der Waals surface area contributed by atoms with E-state index in [1.807, 2.05) is 72.8 Å². The predicted octanol–water partition coefficient (Wildman–Crippen LogP) is 4.73. The molecule has 0 aromatic heterocycles. The molecule has 4 rings (SSSR count). The molecule has 5 nitrogen and oxygen atoms in total. The number of nitrogens with one attached hydrogen (secondary N) is 1. The molecule has 188 valence electrons. The highest BCUT2D eigenvalue weighted by molar-refractivity contribution is 5.47. The number of carbonyl (C=O) groups excluding carboxylic acids is 1. The first kappa shape index (κ1) is 28.5. The van der Waals surface area contributed by atoms with E-state index in [1.54, 1.807) is 4.90 Å². The van der Waals surface area contributed by atoms with Crippen LogP contribution in [-0.4, -0.2) is 24.4 Å². The Labute approximate surface area is 215 Å². The average Bonchev–Trinajstić information content (AvgIpc) is 2.95. The smallest absolute Gasteiger partial charge is 0.210 e. The molecule has 1 amide bonds. The summed E-state index contributed by atoms with van der Waals surface area (Å²) in [6, 6.07) is 40.9. The summed E-state index contributed by atoms with van der Waals surface area (Å²) in [5, 5.41) is 3.42. The summed E-state index contributed by atoms with van der Waals surface area (Å²) in [4.78, 5) is 12.8. The van der Waals surface area contributed by atoms with Crippen LogP contribution in [0.25, 0.3) is 0 Å². The topological polar surface area (TPSA) is 84.4 Å². The van der Waals surface area contributed by atoms with Gasteiger partial charge in [0.15, 0.2) is 0 Å². The van der Waals surface area contributed by atoms with Gasteiger partial charge in [-0.25, -0.2) is 0 Å². The monoisotopic (exact) mass is 482 g/mol. The maximum Gasteiger partial charge on any atom is 0.210 e. The van der Waals surface area contributed by atoms with Gasteiger partial charge >= 0.3 is 0 Å². The summed E-state index contributed by atoms with van der Waals surface area (Å²) in [6.07, 6.45) is 0.903. The molecule has 0 unspecified atom stereocenters. The Morgan fingerprint density at radius 3 is 1.11 bits per heavy atom. The lowest BCUT2D eigenvalue weighted by molar-refractivity contribution is -0.119. The number of rotatable bonds is 10. The number of amides is 1. The molecule has 0 spiro atoms. The van der Waals surface area contributed by atoms with Crippen molar-refractivity contribution >= 4 is 6.41 Å². The van der Waals surface area contributed by atoms with E-state index in [1.165, 1.54) is 11.1 Å². The molecule has 4 aromatic rings. The van der Waals surface area contributed by atoms with Gasteiger partial charge in [0.2, 0.25) is 6.41 Å². The minimum atomic E-state index is 0.597. The van der Waals surface area contributed by atoms with Crippen molar-refractivity contribution in [1.29, 1.82) is 0 Å². The molecule has 4 aromatic carbocycles. The van der Waals surface area contributed by atoms with Crippen LogP contribution in [0.4, 0.5) is 0 Å². The van der Waals surface area contributed by atoms with Gasteiger partial charge in [-0.2, -0.15) is 0 Å². The van der Waals surface area contributed by atoms with Gasteiger partial charge in [0.05, 0.1) is 0 Å². The Kier molecular flexibility index (Phi) is 14.7. The SMILES string of the molecule is NCCN.O=CN(Cc1ccccc1)Cc1ccccc1.c1ccc(CNCc2ccccc2)cc1. The van der Waals surface area contributed by atoms with Crippen molar-refractivity contribution in [2.45, 2.75) is 26.2 Å². The number of nitrogens with zero attached hydrogens (tertiary/aromatic N) is 1. The van der Waals surface area contributed by atoms with Crippen LogP contribution in [0.1, 0.15) is 22.3 Å². The van der Waals surface area contributed by atoms with E-state index < -0.39 is 0 Å². The van der Waals surface area contributed by atoms with Crippen LogP contribution >= 0.6 is 0 Å². The number of carbonyl (C=O) groups is 1.